The molecule has 0 radical (unpaired) electrons. The van der Waals surface area contributed by atoms with Gasteiger partial charge in [0.15, 0.2) is 5.96 Å². The van der Waals surface area contributed by atoms with Crippen LogP contribution in [0.25, 0.3) is 0 Å². The molecular weight excluding hydrogens is 306 g/mol. The lowest BCUT2D eigenvalue weighted by molar-refractivity contribution is 0.778. The predicted octanol–water partition coefficient (Wildman–Crippen LogP) is 2.96. The van der Waals surface area contributed by atoms with Gasteiger partial charge in [-0.25, -0.2) is 9.98 Å². The summed E-state index contributed by atoms with van der Waals surface area (Å²) in [5.41, 5.74) is 2.11. The van der Waals surface area contributed by atoms with Crippen LogP contribution in [0, 0.1) is 0 Å². The van der Waals surface area contributed by atoms with Crippen molar-refractivity contribution in [1.82, 2.24) is 20.6 Å². The first-order valence-electron chi connectivity index (χ1n) is 8.05. The van der Waals surface area contributed by atoms with Gasteiger partial charge in [0.05, 0.1) is 22.9 Å². The number of guanidine groups is 1. The van der Waals surface area contributed by atoms with E-state index in [1.807, 2.05) is 18.2 Å². The van der Waals surface area contributed by atoms with Gasteiger partial charge in [0, 0.05) is 37.0 Å². The van der Waals surface area contributed by atoms with Gasteiger partial charge in [-0.15, -0.1) is 11.3 Å². The van der Waals surface area contributed by atoms with Crippen LogP contribution in [0.5, 0.6) is 0 Å². The molecule has 0 aliphatic heterocycles. The highest BCUT2D eigenvalue weighted by Gasteiger charge is 2.06. The highest BCUT2D eigenvalue weighted by Crippen LogP contribution is 2.19. The van der Waals surface area contributed by atoms with Crippen molar-refractivity contribution in [2.45, 2.75) is 39.7 Å². The number of aromatic nitrogens is 2. The molecule has 23 heavy (non-hydrogen) atoms. The molecule has 0 amide bonds. The Hall–Kier alpha value is -1.95. The van der Waals surface area contributed by atoms with E-state index in [-0.39, 0.29) is 0 Å². The molecule has 5 nitrogen and oxygen atoms in total. The van der Waals surface area contributed by atoms with Crippen molar-refractivity contribution in [3.8, 4) is 0 Å². The van der Waals surface area contributed by atoms with Crippen LogP contribution in [0.15, 0.2) is 34.8 Å². The summed E-state index contributed by atoms with van der Waals surface area (Å²) in [5, 5.41) is 9.96. The fourth-order valence-electron chi connectivity index (χ4n) is 2.01. The number of nitrogens with one attached hydrogen (secondary N) is 2. The third-order valence-electron chi connectivity index (χ3n) is 3.21. The van der Waals surface area contributed by atoms with Crippen LogP contribution in [0.4, 0.5) is 0 Å². The number of aliphatic imine (C=N–C) groups is 1. The van der Waals surface area contributed by atoms with Crippen molar-refractivity contribution in [3.05, 3.63) is 46.2 Å². The second-order valence-electron chi connectivity index (χ2n) is 5.52. The van der Waals surface area contributed by atoms with Gasteiger partial charge in [-0.1, -0.05) is 19.9 Å². The van der Waals surface area contributed by atoms with Gasteiger partial charge in [0.2, 0.25) is 0 Å². The molecule has 0 aliphatic rings. The van der Waals surface area contributed by atoms with Crippen molar-refractivity contribution >= 4 is 17.3 Å². The van der Waals surface area contributed by atoms with Crippen LogP contribution in [0.1, 0.15) is 43.1 Å². The number of thiazole rings is 1. The highest BCUT2D eigenvalue weighted by molar-refractivity contribution is 7.09. The molecule has 0 atom stereocenters. The normalized spacial score (nSPS) is 11.7. The Morgan fingerprint density at radius 1 is 1.26 bits per heavy atom. The maximum Gasteiger partial charge on any atom is 0.191 e. The average molecular weight is 331 g/mol. The van der Waals surface area contributed by atoms with Gasteiger partial charge in [-0.2, -0.15) is 0 Å². The fraction of sp³-hybridized carbons (Fsp3) is 0.471. The Morgan fingerprint density at radius 3 is 2.78 bits per heavy atom. The second-order valence-corrected chi connectivity index (χ2v) is 6.41. The second kappa shape index (κ2) is 9.25. The third-order valence-corrected chi connectivity index (χ3v) is 4.40. The molecule has 0 unspecified atom stereocenters. The molecule has 0 aliphatic carbocycles. The largest absolute Gasteiger partial charge is 0.357 e. The molecule has 2 aromatic heterocycles. The summed E-state index contributed by atoms with van der Waals surface area (Å²) in [6.45, 7) is 8.64. The van der Waals surface area contributed by atoms with Crippen molar-refractivity contribution < 1.29 is 0 Å². The molecule has 2 rings (SSSR count). The van der Waals surface area contributed by atoms with Crippen molar-refractivity contribution in [2.24, 2.45) is 4.99 Å². The van der Waals surface area contributed by atoms with E-state index in [1.165, 1.54) is 5.01 Å². The molecule has 124 valence electrons. The van der Waals surface area contributed by atoms with Crippen LogP contribution in [-0.4, -0.2) is 29.0 Å². The lowest BCUT2D eigenvalue weighted by Gasteiger charge is -2.10. The van der Waals surface area contributed by atoms with Crippen molar-refractivity contribution in [3.63, 3.8) is 0 Å². The molecule has 2 N–H and O–H groups in total. The molecule has 0 aromatic carbocycles. The van der Waals surface area contributed by atoms with E-state index in [9.17, 15) is 0 Å². The Bertz CT molecular complexity index is 606. The van der Waals surface area contributed by atoms with Crippen LogP contribution in [0.3, 0.4) is 0 Å². The Balaban J connectivity index is 1.84. The predicted molar refractivity (Wildman–Crippen MR) is 97.0 cm³/mol. The quantitative estimate of drug-likeness (QED) is 0.605. The van der Waals surface area contributed by atoms with Gasteiger partial charge in [0.25, 0.3) is 0 Å². The number of hydrogen-bond acceptors (Lipinski definition) is 4. The van der Waals surface area contributed by atoms with Gasteiger partial charge < -0.3 is 10.6 Å². The topological polar surface area (TPSA) is 62.2 Å². The van der Waals surface area contributed by atoms with Crippen LogP contribution in [0.2, 0.25) is 0 Å². The average Bonchev–Trinajstić information content (AvgIpc) is 3.03. The van der Waals surface area contributed by atoms with Crippen LogP contribution >= 0.6 is 11.3 Å². The number of hydrogen-bond donors (Lipinski definition) is 2. The monoisotopic (exact) mass is 331 g/mol. The molecule has 0 spiro atoms. The van der Waals surface area contributed by atoms with E-state index in [4.69, 9.17) is 0 Å². The number of rotatable bonds is 7. The summed E-state index contributed by atoms with van der Waals surface area (Å²) < 4.78 is 0. The maximum absolute atomic E-state index is 4.65. The molecule has 2 heterocycles. The molecule has 0 bridgehead atoms. The minimum Gasteiger partial charge on any atom is -0.357 e. The SMILES string of the molecule is CCNC(=NCc1ccccn1)NCCc1csc(C(C)C)n1. The summed E-state index contributed by atoms with van der Waals surface area (Å²) >= 11 is 1.74. The minimum absolute atomic E-state index is 0.499. The fourth-order valence-corrected chi connectivity index (χ4v) is 2.87. The van der Waals surface area contributed by atoms with Crippen molar-refractivity contribution in [2.75, 3.05) is 13.1 Å². The molecule has 0 saturated carbocycles. The van der Waals surface area contributed by atoms with E-state index in [0.717, 1.165) is 36.9 Å². The van der Waals surface area contributed by atoms with Gasteiger partial charge in [-0.05, 0) is 19.1 Å². The maximum atomic E-state index is 4.65. The highest BCUT2D eigenvalue weighted by atomic mass is 32.1. The van der Waals surface area contributed by atoms with Gasteiger partial charge >= 0.3 is 0 Å². The lowest BCUT2D eigenvalue weighted by atomic mass is 10.2. The zero-order valence-electron chi connectivity index (χ0n) is 14.0. The van der Waals surface area contributed by atoms with E-state index in [1.54, 1.807) is 17.5 Å². The Labute approximate surface area is 142 Å². The minimum atomic E-state index is 0.499. The smallest absolute Gasteiger partial charge is 0.191 e. The zero-order valence-corrected chi connectivity index (χ0v) is 14.9. The van der Waals surface area contributed by atoms with Crippen LogP contribution in [-0.2, 0) is 13.0 Å². The van der Waals surface area contributed by atoms with E-state index >= 15 is 0 Å². The van der Waals surface area contributed by atoms with E-state index < -0.39 is 0 Å². The molecular formula is C17H25N5S. The summed E-state index contributed by atoms with van der Waals surface area (Å²) in [6.07, 6.45) is 2.69. The van der Waals surface area contributed by atoms with E-state index in [0.29, 0.717) is 12.5 Å². The van der Waals surface area contributed by atoms with Crippen molar-refractivity contribution in [1.29, 1.82) is 0 Å². The zero-order chi connectivity index (χ0) is 16.5. The Kier molecular flexibility index (Phi) is 7.00. The first kappa shape index (κ1) is 17.4. The lowest BCUT2D eigenvalue weighted by Crippen LogP contribution is -2.38. The van der Waals surface area contributed by atoms with Gasteiger partial charge in [-0.3, -0.25) is 4.98 Å². The summed E-state index contributed by atoms with van der Waals surface area (Å²) in [5.74, 6) is 1.32. The van der Waals surface area contributed by atoms with E-state index in [2.05, 4.69) is 51.7 Å². The summed E-state index contributed by atoms with van der Waals surface area (Å²) in [4.78, 5) is 13.5. The molecule has 2 aromatic rings. The number of pyridine rings is 1. The van der Waals surface area contributed by atoms with Gasteiger partial charge in [0.1, 0.15) is 0 Å². The number of nitrogens with zero attached hydrogens (tertiary/aromatic N) is 3. The first-order chi connectivity index (χ1) is 11.2. The molecule has 6 heteroatoms. The summed E-state index contributed by atoms with van der Waals surface area (Å²) in [6, 6.07) is 5.87. The molecule has 0 saturated heterocycles. The standard InChI is InChI=1S/C17H25N5S/c1-4-18-17(21-11-14-7-5-6-9-19-14)20-10-8-15-12-23-16(22-15)13(2)3/h5-7,9,12-13H,4,8,10-11H2,1-3H3,(H2,18,20,21). The molecule has 0 fully saturated rings. The summed E-state index contributed by atoms with van der Waals surface area (Å²) in [7, 11) is 0. The van der Waals surface area contributed by atoms with Crippen LogP contribution < -0.4 is 10.6 Å². The third kappa shape index (κ3) is 5.98. The Morgan fingerprint density at radius 2 is 2.13 bits per heavy atom. The first-order valence-corrected chi connectivity index (χ1v) is 8.93.